The van der Waals surface area contributed by atoms with Crippen molar-refractivity contribution in [3.63, 3.8) is 0 Å². The molecule has 2 aromatic rings. The first kappa shape index (κ1) is 35.0. The number of amides is 4. The van der Waals surface area contributed by atoms with Gasteiger partial charge in [0.25, 0.3) is 5.91 Å². The molecule has 2 fully saturated rings. The van der Waals surface area contributed by atoms with Crippen molar-refractivity contribution in [1.29, 1.82) is 0 Å². The number of carbonyl (C=O) groups excluding carboxylic acids is 4. The maximum Gasteiger partial charge on any atom is 0.471 e. The zero-order chi connectivity index (χ0) is 33.6. The van der Waals surface area contributed by atoms with Crippen LogP contribution in [0.15, 0.2) is 42.5 Å². The number of carbonyl (C=O) groups is 5. The van der Waals surface area contributed by atoms with Crippen molar-refractivity contribution in [2.45, 2.75) is 69.6 Å². The summed E-state index contributed by atoms with van der Waals surface area (Å²) in [5.74, 6) is -5.04. The van der Waals surface area contributed by atoms with Crippen molar-refractivity contribution < 1.29 is 42.3 Å². The molecule has 1 aliphatic carbocycles. The van der Waals surface area contributed by atoms with E-state index in [1.165, 1.54) is 12.1 Å². The summed E-state index contributed by atoms with van der Waals surface area (Å²) in [6.45, 7) is -0.199. The molecule has 248 valence electrons. The second-order valence-corrected chi connectivity index (χ2v) is 12.3. The molecular formula is C31H33Cl2F3N4O6. The van der Waals surface area contributed by atoms with Gasteiger partial charge in [0, 0.05) is 25.2 Å². The molecule has 4 rings (SSSR count). The van der Waals surface area contributed by atoms with Crippen LogP contribution in [0.25, 0.3) is 0 Å². The third kappa shape index (κ3) is 8.30. The normalized spacial score (nSPS) is 18.1. The Hall–Kier alpha value is -3.84. The van der Waals surface area contributed by atoms with E-state index in [1.807, 2.05) is 0 Å². The minimum atomic E-state index is -5.08. The van der Waals surface area contributed by atoms with Crippen LogP contribution in [0.1, 0.15) is 60.9 Å². The monoisotopic (exact) mass is 684 g/mol. The molecule has 0 spiro atoms. The van der Waals surface area contributed by atoms with Gasteiger partial charge in [-0.25, -0.2) is 4.79 Å². The summed E-state index contributed by atoms with van der Waals surface area (Å²) < 4.78 is 38.8. The molecule has 1 heterocycles. The highest BCUT2D eigenvalue weighted by Gasteiger charge is 2.48. The molecule has 2 aromatic carbocycles. The standard InChI is InChI=1S/C31H33Cl2F3N4O6/c32-20-5-3-6-21(33)24(20)26(42)38-19-10-8-18(9-11-19)17-22(27(43)44)39-28(45)30(12-1-2-13-30)14-15-37-25(41)23-7-4-16-40(23)29(46)31(34,35)36/h3,5-6,8-11,22-23H,1-2,4,7,12-17H2,(H,37,41)(H,38,42)(H,39,45)(H,43,44). The number of nitrogens with one attached hydrogen (secondary N) is 3. The lowest BCUT2D eigenvalue weighted by Gasteiger charge is -2.30. The minimum absolute atomic E-state index is 0.0267. The zero-order valence-electron chi connectivity index (χ0n) is 24.6. The van der Waals surface area contributed by atoms with Crippen LogP contribution in [0.3, 0.4) is 0 Å². The summed E-state index contributed by atoms with van der Waals surface area (Å²) in [5.41, 5.74) is 0.132. The van der Waals surface area contributed by atoms with E-state index in [2.05, 4.69) is 16.0 Å². The molecule has 0 radical (unpaired) electrons. The van der Waals surface area contributed by atoms with Gasteiger partial charge >= 0.3 is 18.1 Å². The number of hydrogen-bond donors (Lipinski definition) is 4. The van der Waals surface area contributed by atoms with Gasteiger partial charge < -0.3 is 26.0 Å². The second kappa shape index (κ2) is 14.7. The highest BCUT2D eigenvalue weighted by atomic mass is 35.5. The number of nitrogens with zero attached hydrogens (tertiary/aromatic N) is 1. The van der Waals surface area contributed by atoms with Crippen LogP contribution in [0.5, 0.6) is 0 Å². The second-order valence-electron chi connectivity index (χ2n) is 11.5. The summed E-state index contributed by atoms with van der Waals surface area (Å²) >= 11 is 12.2. The fourth-order valence-corrected chi connectivity index (χ4v) is 6.58. The number of alkyl halides is 3. The van der Waals surface area contributed by atoms with Gasteiger partial charge in [-0.3, -0.25) is 19.2 Å². The number of hydrogen-bond acceptors (Lipinski definition) is 5. The van der Waals surface area contributed by atoms with E-state index in [0.29, 0.717) is 41.8 Å². The van der Waals surface area contributed by atoms with Crippen LogP contribution in [-0.4, -0.2) is 71.0 Å². The van der Waals surface area contributed by atoms with E-state index in [9.17, 15) is 42.3 Å². The lowest BCUT2D eigenvalue weighted by atomic mass is 9.81. The number of benzene rings is 2. The molecule has 4 amide bonds. The highest BCUT2D eigenvalue weighted by molar-refractivity contribution is 6.40. The van der Waals surface area contributed by atoms with Gasteiger partial charge in [-0.1, -0.05) is 54.2 Å². The van der Waals surface area contributed by atoms with Gasteiger partial charge in [-0.15, -0.1) is 0 Å². The van der Waals surface area contributed by atoms with E-state index in [4.69, 9.17) is 23.2 Å². The summed E-state index contributed by atoms with van der Waals surface area (Å²) in [5, 5.41) is 18.2. The Bertz CT molecular complexity index is 1460. The predicted molar refractivity (Wildman–Crippen MR) is 163 cm³/mol. The Labute approximate surface area is 273 Å². The van der Waals surface area contributed by atoms with Crippen LogP contribution in [0.2, 0.25) is 10.0 Å². The Balaban J connectivity index is 1.34. The van der Waals surface area contributed by atoms with Crippen molar-refractivity contribution in [3.8, 4) is 0 Å². The summed E-state index contributed by atoms with van der Waals surface area (Å²) in [6, 6.07) is 8.54. The number of halogens is 5. The molecule has 1 saturated heterocycles. The van der Waals surface area contributed by atoms with Gasteiger partial charge in [-0.05, 0) is 61.9 Å². The van der Waals surface area contributed by atoms with Crippen LogP contribution in [0.4, 0.5) is 18.9 Å². The molecule has 4 N–H and O–H groups in total. The van der Waals surface area contributed by atoms with Crippen molar-refractivity contribution in [3.05, 3.63) is 63.6 Å². The molecule has 10 nitrogen and oxygen atoms in total. The minimum Gasteiger partial charge on any atom is -0.480 e. The molecule has 15 heteroatoms. The van der Waals surface area contributed by atoms with E-state index in [1.54, 1.807) is 30.3 Å². The molecule has 0 aromatic heterocycles. The van der Waals surface area contributed by atoms with Gasteiger partial charge in [0.1, 0.15) is 12.1 Å². The SMILES string of the molecule is O=C(Nc1ccc(CC(NC(=O)C2(CCNC(=O)C3CCCN3C(=O)C(F)(F)F)CCCC2)C(=O)O)cc1)c1c(Cl)cccc1Cl. The van der Waals surface area contributed by atoms with Gasteiger partial charge in [0.15, 0.2) is 0 Å². The van der Waals surface area contributed by atoms with Gasteiger partial charge in [0.2, 0.25) is 11.8 Å². The average molecular weight is 686 g/mol. The van der Waals surface area contributed by atoms with Crippen LogP contribution < -0.4 is 16.0 Å². The maximum atomic E-state index is 13.5. The van der Waals surface area contributed by atoms with E-state index in [0.717, 1.165) is 0 Å². The molecule has 46 heavy (non-hydrogen) atoms. The Kier molecular flexibility index (Phi) is 11.2. The van der Waals surface area contributed by atoms with Crippen molar-refractivity contribution >= 4 is 58.5 Å². The quantitative estimate of drug-likeness (QED) is 0.263. The number of anilines is 1. The summed E-state index contributed by atoms with van der Waals surface area (Å²) in [4.78, 5) is 63.2. The third-order valence-electron chi connectivity index (χ3n) is 8.45. The van der Waals surface area contributed by atoms with E-state index < -0.39 is 53.3 Å². The predicted octanol–water partition coefficient (Wildman–Crippen LogP) is 4.98. The zero-order valence-corrected chi connectivity index (χ0v) is 26.1. The molecule has 1 saturated carbocycles. The smallest absolute Gasteiger partial charge is 0.471 e. The molecule has 0 bridgehead atoms. The van der Waals surface area contributed by atoms with Crippen LogP contribution in [-0.2, 0) is 25.6 Å². The summed E-state index contributed by atoms with van der Waals surface area (Å²) in [7, 11) is 0. The number of aliphatic carboxylic acids is 1. The first-order valence-electron chi connectivity index (χ1n) is 14.8. The first-order chi connectivity index (χ1) is 21.7. The number of carboxylic acid groups (broad SMARTS) is 1. The van der Waals surface area contributed by atoms with E-state index >= 15 is 0 Å². The fraction of sp³-hybridized carbons (Fsp3) is 0.452. The fourth-order valence-electron chi connectivity index (χ4n) is 6.01. The van der Waals surface area contributed by atoms with Gasteiger partial charge in [0.05, 0.1) is 21.0 Å². The number of rotatable bonds is 11. The molecular weight excluding hydrogens is 652 g/mol. The lowest BCUT2D eigenvalue weighted by molar-refractivity contribution is -0.186. The molecule has 2 unspecified atom stereocenters. The molecule has 2 atom stereocenters. The Morgan fingerprint density at radius 2 is 1.61 bits per heavy atom. The number of likely N-dealkylation sites (tertiary alicyclic amines) is 1. The van der Waals surface area contributed by atoms with Crippen molar-refractivity contribution in [1.82, 2.24) is 15.5 Å². The van der Waals surface area contributed by atoms with Crippen LogP contribution in [0, 0.1) is 5.41 Å². The topological polar surface area (TPSA) is 145 Å². The Morgan fingerprint density at radius 3 is 2.20 bits per heavy atom. The summed E-state index contributed by atoms with van der Waals surface area (Å²) in [6.07, 6.45) is -2.30. The number of carboxylic acids is 1. The molecule has 2 aliphatic rings. The lowest BCUT2D eigenvalue weighted by Crippen LogP contribution is -2.51. The highest BCUT2D eigenvalue weighted by Crippen LogP contribution is 2.41. The van der Waals surface area contributed by atoms with Crippen LogP contribution >= 0.6 is 23.2 Å². The maximum absolute atomic E-state index is 13.5. The van der Waals surface area contributed by atoms with E-state index in [-0.39, 0.29) is 54.4 Å². The van der Waals surface area contributed by atoms with Gasteiger partial charge in [-0.2, -0.15) is 13.2 Å². The third-order valence-corrected chi connectivity index (χ3v) is 9.08. The largest absolute Gasteiger partial charge is 0.480 e. The van der Waals surface area contributed by atoms with Crippen molar-refractivity contribution in [2.24, 2.45) is 5.41 Å². The Morgan fingerprint density at radius 1 is 0.978 bits per heavy atom. The first-order valence-corrected chi connectivity index (χ1v) is 15.5. The van der Waals surface area contributed by atoms with Crippen molar-refractivity contribution in [2.75, 3.05) is 18.4 Å². The average Bonchev–Trinajstić information content (AvgIpc) is 3.68. The molecule has 1 aliphatic heterocycles.